The van der Waals surface area contributed by atoms with Crippen molar-refractivity contribution in [3.05, 3.63) is 71.9 Å². The van der Waals surface area contributed by atoms with Crippen molar-refractivity contribution in [2.75, 3.05) is 5.32 Å². The van der Waals surface area contributed by atoms with Crippen molar-refractivity contribution >= 4 is 17.8 Å². The summed E-state index contributed by atoms with van der Waals surface area (Å²) in [4.78, 5) is 11.5. The van der Waals surface area contributed by atoms with Crippen LogP contribution in [0, 0.1) is 11.6 Å². The number of amides is 2. The Hall–Kier alpha value is -2.69. The van der Waals surface area contributed by atoms with Crippen molar-refractivity contribution in [1.82, 2.24) is 5.32 Å². The molecular formula is C15H12F2N2O. The second kappa shape index (κ2) is 6.47. The second-order valence-corrected chi connectivity index (χ2v) is 3.99. The van der Waals surface area contributed by atoms with Crippen LogP contribution in [-0.4, -0.2) is 6.03 Å². The van der Waals surface area contributed by atoms with E-state index in [9.17, 15) is 13.6 Å². The maximum absolute atomic E-state index is 12.9. The highest BCUT2D eigenvalue weighted by Crippen LogP contribution is 2.08. The molecule has 20 heavy (non-hydrogen) atoms. The third-order valence-corrected chi connectivity index (χ3v) is 2.44. The molecule has 102 valence electrons. The fourth-order valence-corrected chi connectivity index (χ4v) is 1.52. The van der Waals surface area contributed by atoms with Gasteiger partial charge in [0.05, 0.1) is 0 Å². The van der Waals surface area contributed by atoms with Crippen LogP contribution >= 0.6 is 0 Å². The first-order valence-electron chi connectivity index (χ1n) is 5.89. The molecule has 0 heterocycles. The van der Waals surface area contributed by atoms with Crippen LogP contribution < -0.4 is 10.6 Å². The van der Waals surface area contributed by atoms with Gasteiger partial charge >= 0.3 is 6.03 Å². The minimum atomic E-state index is -0.492. The van der Waals surface area contributed by atoms with Gasteiger partial charge < -0.3 is 10.6 Å². The number of halogens is 2. The van der Waals surface area contributed by atoms with E-state index in [4.69, 9.17) is 0 Å². The van der Waals surface area contributed by atoms with Gasteiger partial charge in [0.25, 0.3) is 0 Å². The van der Waals surface area contributed by atoms with Gasteiger partial charge in [-0.3, -0.25) is 0 Å². The van der Waals surface area contributed by atoms with E-state index in [1.807, 2.05) is 0 Å². The Morgan fingerprint density at radius 3 is 2.45 bits per heavy atom. The summed E-state index contributed by atoms with van der Waals surface area (Å²) in [6, 6.07) is 10.9. The molecule has 0 saturated carbocycles. The highest BCUT2D eigenvalue weighted by molar-refractivity contribution is 5.90. The summed E-state index contributed by atoms with van der Waals surface area (Å²) in [6.07, 6.45) is 3.03. The highest BCUT2D eigenvalue weighted by atomic mass is 19.1. The van der Waals surface area contributed by atoms with Gasteiger partial charge in [-0.2, -0.15) is 0 Å². The summed E-state index contributed by atoms with van der Waals surface area (Å²) in [5, 5.41) is 4.94. The summed E-state index contributed by atoms with van der Waals surface area (Å²) in [5.74, 6) is -0.747. The van der Waals surface area contributed by atoms with Crippen molar-refractivity contribution in [2.24, 2.45) is 0 Å². The van der Waals surface area contributed by atoms with Gasteiger partial charge in [-0.15, -0.1) is 0 Å². The average Bonchev–Trinajstić information content (AvgIpc) is 2.41. The SMILES string of the molecule is O=C(N/C=C/c1ccc(F)cc1)Nc1cccc(F)c1. The van der Waals surface area contributed by atoms with Gasteiger partial charge in [-0.1, -0.05) is 18.2 Å². The van der Waals surface area contributed by atoms with Crippen molar-refractivity contribution in [2.45, 2.75) is 0 Å². The zero-order chi connectivity index (χ0) is 14.4. The average molecular weight is 274 g/mol. The van der Waals surface area contributed by atoms with Gasteiger partial charge in [0.15, 0.2) is 0 Å². The smallest absolute Gasteiger partial charge is 0.314 e. The second-order valence-electron chi connectivity index (χ2n) is 3.99. The lowest BCUT2D eigenvalue weighted by atomic mass is 10.2. The van der Waals surface area contributed by atoms with E-state index in [0.29, 0.717) is 5.69 Å². The molecule has 0 fully saturated rings. The molecular weight excluding hydrogens is 262 g/mol. The van der Waals surface area contributed by atoms with Crippen molar-refractivity contribution in [1.29, 1.82) is 0 Å². The molecule has 5 heteroatoms. The van der Waals surface area contributed by atoms with Crippen LogP contribution in [0.4, 0.5) is 19.3 Å². The number of rotatable bonds is 3. The van der Waals surface area contributed by atoms with Crippen molar-refractivity contribution < 1.29 is 13.6 Å². The molecule has 0 aromatic heterocycles. The molecule has 0 bridgehead atoms. The molecule has 2 aromatic rings. The monoisotopic (exact) mass is 274 g/mol. The molecule has 0 saturated heterocycles. The normalized spacial score (nSPS) is 10.5. The lowest BCUT2D eigenvalue weighted by Crippen LogP contribution is -2.23. The molecule has 2 aromatic carbocycles. The predicted molar refractivity (Wildman–Crippen MR) is 74.0 cm³/mol. The van der Waals surface area contributed by atoms with Crippen LogP contribution in [0.15, 0.2) is 54.7 Å². The summed E-state index contributed by atoms with van der Waals surface area (Å²) in [7, 11) is 0. The Bertz CT molecular complexity index is 624. The molecule has 0 spiro atoms. The Morgan fingerprint density at radius 1 is 1.00 bits per heavy atom. The van der Waals surface area contributed by atoms with Crippen molar-refractivity contribution in [3.63, 3.8) is 0 Å². The fraction of sp³-hybridized carbons (Fsp3) is 0. The quantitative estimate of drug-likeness (QED) is 0.879. The molecule has 0 aliphatic rings. The number of benzene rings is 2. The zero-order valence-corrected chi connectivity index (χ0v) is 10.4. The van der Waals surface area contributed by atoms with Gasteiger partial charge in [0.1, 0.15) is 11.6 Å². The van der Waals surface area contributed by atoms with E-state index in [1.54, 1.807) is 24.3 Å². The summed E-state index contributed by atoms with van der Waals surface area (Å²) in [5.41, 5.74) is 1.11. The lowest BCUT2D eigenvalue weighted by Gasteiger charge is -2.04. The molecule has 0 unspecified atom stereocenters. The third kappa shape index (κ3) is 4.20. The number of hydrogen-bond acceptors (Lipinski definition) is 1. The minimum absolute atomic E-state index is 0.320. The van der Waals surface area contributed by atoms with Crippen LogP contribution in [0.2, 0.25) is 0 Å². The van der Waals surface area contributed by atoms with E-state index in [2.05, 4.69) is 10.6 Å². The number of nitrogens with one attached hydrogen (secondary N) is 2. The van der Waals surface area contributed by atoms with E-state index >= 15 is 0 Å². The molecule has 2 rings (SSSR count). The largest absolute Gasteiger partial charge is 0.323 e. The molecule has 2 amide bonds. The van der Waals surface area contributed by atoms with Gasteiger partial charge in [-0.05, 0) is 42.0 Å². The molecule has 3 nitrogen and oxygen atoms in total. The summed E-state index contributed by atoms with van der Waals surface area (Å²) < 4.78 is 25.6. The third-order valence-electron chi connectivity index (χ3n) is 2.44. The van der Waals surface area contributed by atoms with Gasteiger partial charge in [-0.25, -0.2) is 13.6 Å². The first kappa shape index (κ1) is 13.7. The first-order chi connectivity index (χ1) is 9.63. The fourth-order valence-electron chi connectivity index (χ4n) is 1.52. The van der Waals surface area contributed by atoms with E-state index in [-0.39, 0.29) is 5.82 Å². The number of hydrogen-bond donors (Lipinski definition) is 2. The van der Waals surface area contributed by atoms with E-state index in [1.165, 1.54) is 36.5 Å². The first-order valence-corrected chi connectivity index (χ1v) is 5.89. The minimum Gasteiger partial charge on any atom is -0.314 e. The van der Waals surface area contributed by atoms with Crippen LogP contribution in [0.5, 0.6) is 0 Å². The number of carbonyl (C=O) groups excluding carboxylic acids is 1. The van der Waals surface area contributed by atoms with Crippen LogP contribution in [0.25, 0.3) is 6.08 Å². The lowest BCUT2D eigenvalue weighted by molar-refractivity contribution is 0.255. The number of anilines is 1. The summed E-state index contributed by atoms with van der Waals surface area (Å²) in [6.45, 7) is 0. The molecule has 0 aliphatic heterocycles. The van der Waals surface area contributed by atoms with Crippen LogP contribution in [0.1, 0.15) is 5.56 Å². The topological polar surface area (TPSA) is 41.1 Å². The van der Waals surface area contributed by atoms with E-state index < -0.39 is 11.8 Å². The molecule has 0 aliphatic carbocycles. The van der Waals surface area contributed by atoms with E-state index in [0.717, 1.165) is 5.56 Å². The Labute approximate surface area is 114 Å². The van der Waals surface area contributed by atoms with Gasteiger partial charge in [0.2, 0.25) is 0 Å². The number of carbonyl (C=O) groups is 1. The maximum Gasteiger partial charge on any atom is 0.323 e. The molecule has 0 atom stereocenters. The summed E-state index contributed by atoms with van der Waals surface area (Å²) >= 11 is 0. The molecule has 2 N–H and O–H groups in total. The Kier molecular flexibility index (Phi) is 4.44. The standard InChI is InChI=1S/C15H12F2N2O/c16-12-6-4-11(5-7-12)8-9-18-15(20)19-14-3-1-2-13(17)10-14/h1-10H,(H2,18,19,20)/b9-8+. The predicted octanol–water partition coefficient (Wildman–Crippen LogP) is 3.76. The Balaban J connectivity index is 1.87. The zero-order valence-electron chi connectivity index (χ0n) is 10.4. The van der Waals surface area contributed by atoms with Crippen molar-refractivity contribution in [3.8, 4) is 0 Å². The van der Waals surface area contributed by atoms with Gasteiger partial charge in [0, 0.05) is 11.9 Å². The highest BCUT2D eigenvalue weighted by Gasteiger charge is 1.99. The maximum atomic E-state index is 12.9. The Morgan fingerprint density at radius 2 is 1.75 bits per heavy atom. The number of urea groups is 1. The molecule has 0 radical (unpaired) electrons. The van der Waals surface area contributed by atoms with Crippen LogP contribution in [-0.2, 0) is 0 Å². The van der Waals surface area contributed by atoms with Crippen LogP contribution in [0.3, 0.4) is 0 Å².